The molecule has 0 saturated carbocycles. The molecule has 0 aromatic heterocycles. The van der Waals surface area contributed by atoms with Gasteiger partial charge in [-0.3, -0.25) is 0 Å². The van der Waals surface area contributed by atoms with Gasteiger partial charge in [-0.1, -0.05) is 33.6 Å². The fourth-order valence-electron chi connectivity index (χ4n) is 1.83. The van der Waals surface area contributed by atoms with Crippen LogP contribution in [0.15, 0.2) is 40.9 Å². The number of nitrogens with two attached hydrogens (primary N) is 1. The number of hydrogen-bond donors (Lipinski definition) is 1. The molecule has 5 heteroatoms. The van der Waals surface area contributed by atoms with Crippen LogP contribution in [0.5, 0.6) is 5.75 Å². The smallest absolute Gasteiger partial charge is 0.141 e. The van der Waals surface area contributed by atoms with Gasteiger partial charge in [-0.15, -0.1) is 0 Å². The highest BCUT2D eigenvalue weighted by atomic mass is 79.9. The lowest BCUT2D eigenvalue weighted by atomic mass is 10.1. The van der Waals surface area contributed by atoms with Crippen molar-refractivity contribution in [3.05, 3.63) is 62.8 Å². The summed E-state index contributed by atoms with van der Waals surface area (Å²) in [6.45, 7) is 0.883. The second-order valence-corrected chi connectivity index (χ2v) is 5.65. The summed E-state index contributed by atoms with van der Waals surface area (Å²) in [7, 11) is 0. The molecule has 0 bridgehead atoms. The van der Waals surface area contributed by atoms with Crippen molar-refractivity contribution in [1.82, 2.24) is 0 Å². The van der Waals surface area contributed by atoms with Crippen molar-refractivity contribution >= 4 is 27.5 Å². The Kier molecular flexibility index (Phi) is 5.40. The maximum atomic E-state index is 13.1. The van der Waals surface area contributed by atoms with Crippen molar-refractivity contribution in [1.29, 1.82) is 0 Å². The van der Waals surface area contributed by atoms with E-state index in [0.29, 0.717) is 13.2 Å². The predicted octanol–water partition coefficient (Wildman–Crippen LogP) is 4.32. The summed E-state index contributed by atoms with van der Waals surface area (Å²) in [4.78, 5) is 0. The van der Waals surface area contributed by atoms with Crippen LogP contribution < -0.4 is 10.5 Å². The lowest BCUT2D eigenvalue weighted by Gasteiger charge is -2.12. The Bertz CT molecular complexity index is 606. The summed E-state index contributed by atoms with van der Waals surface area (Å²) in [6, 6.07) is 10.3. The number of halogens is 3. The van der Waals surface area contributed by atoms with Gasteiger partial charge in [0, 0.05) is 4.47 Å². The first-order valence-corrected chi connectivity index (χ1v) is 7.32. The van der Waals surface area contributed by atoms with E-state index in [1.807, 2.05) is 18.2 Å². The van der Waals surface area contributed by atoms with E-state index in [2.05, 4.69) is 15.9 Å². The third-order valence-electron chi connectivity index (χ3n) is 2.81. The molecule has 0 aliphatic rings. The third kappa shape index (κ3) is 3.95. The van der Waals surface area contributed by atoms with Crippen LogP contribution in [-0.4, -0.2) is 6.54 Å². The normalized spacial score (nSPS) is 10.6. The van der Waals surface area contributed by atoms with E-state index < -0.39 is 5.82 Å². The zero-order valence-electron chi connectivity index (χ0n) is 10.7. The molecule has 20 heavy (non-hydrogen) atoms. The Balaban J connectivity index is 2.11. The van der Waals surface area contributed by atoms with Crippen molar-refractivity contribution in [3.63, 3.8) is 0 Å². The largest absolute Gasteiger partial charge is 0.489 e. The SMILES string of the molecule is NCCc1cc(Br)ccc1OCc1ccc(F)c(Cl)c1. The van der Waals surface area contributed by atoms with Gasteiger partial charge in [0.1, 0.15) is 18.2 Å². The van der Waals surface area contributed by atoms with Crippen LogP contribution in [0.2, 0.25) is 5.02 Å². The zero-order valence-corrected chi connectivity index (χ0v) is 13.0. The van der Waals surface area contributed by atoms with E-state index in [-0.39, 0.29) is 5.02 Å². The van der Waals surface area contributed by atoms with Crippen LogP contribution in [0.1, 0.15) is 11.1 Å². The predicted molar refractivity (Wildman–Crippen MR) is 82.6 cm³/mol. The summed E-state index contributed by atoms with van der Waals surface area (Å²) < 4.78 is 19.8. The van der Waals surface area contributed by atoms with Gasteiger partial charge in [0.2, 0.25) is 0 Å². The molecule has 0 amide bonds. The summed E-state index contributed by atoms with van der Waals surface area (Å²) in [6.07, 6.45) is 0.735. The van der Waals surface area contributed by atoms with E-state index in [1.165, 1.54) is 6.07 Å². The Labute approximate surface area is 130 Å². The van der Waals surface area contributed by atoms with Gasteiger partial charge in [-0.05, 0) is 54.4 Å². The zero-order chi connectivity index (χ0) is 14.5. The number of benzene rings is 2. The van der Waals surface area contributed by atoms with Crippen LogP contribution in [0.3, 0.4) is 0 Å². The molecule has 106 valence electrons. The monoisotopic (exact) mass is 357 g/mol. The van der Waals surface area contributed by atoms with E-state index >= 15 is 0 Å². The van der Waals surface area contributed by atoms with Crippen molar-refractivity contribution in [2.45, 2.75) is 13.0 Å². The highest BCUT2D eigenvalue weighted by Gasteiger charge is 2.06. The molecule has 0 spiro atoms. The third-order valence-corrected chi connectivity index (χ3v) is 3.60. The molecule has 0 radical (unpaired) electrons. The molecule has 2 nitrogen and oxygen atoms in total. The molecule has 2 aromatic rings. The van der Waals surface area contributed by atoms with Crippen molar-refractivity contribution in [2.24, 2.45) is 5.73 Å². The molecule has 2 rings (SSSR count). The number of rotatable bonds is 5. The van der Waals surface area contributed by atoms with Crippen molar-refractivity contribution < 1.29 is 9.13 Å². The van der Waals surface area contributed by atoms with Gasteiger partial charge in [0.25, 0.3) is 0 Å². The van der Waals surface area contributed by atoms with E-state index in [9.17, 15) is 4.39 Å². The van der Waals surface area contributed by atoms with Gasteiger partial charge in [0.15, 0.2) is 0 Å². The maximum absolute atomic E-state index is 13.1. The fourth-order valence-corrected chi connectivity index (χ4v) is 2.44. The molecule has 0 saturated heterocycles. The Morgan fingerprint density at radius 1 is 1.20 bits per heavy atom. The average Bonchev–Trinajstić information content (AvgIpc) is 2.42. The highest BCUT2D eigenvalue weighted by Crippen LogP contribution is 2.25. The first-order chi connectivity index (χ1) is 9.60. The van der Waals surface area contributed by atoms with Crippen LogP contribution in [0.4, 0.5) is 4.39 Å². The molecule has 2 N–H and O–H groups in total. The molecular weight excluding hydrogens is 345 g/mol. The molecular formula is C15H14BrClFNO. The van der Waals surface area contributed by atoms with Crippen LogP contribution >= 0.6 is 27.5 Å². The maximum Gasteiger partial charge on any atom is 0.141 e. The van der Waals surface area contributed by atoms with Crippen LogP contribution in [-0.2, 0) is 13.0 Å². The summed E-state index contributed by atoms with van der Waals surface area (Å²) in [5.41, 5.74) is 7.45. The average molecular weight is 359 g/mol. The summed E-state index contributed by atoms with van der Waals surface area (Å²) >= 11 is 9.17. The van der Waals surface area contributed by atoms with Crippen molar-refractivity contribution in [3.8, 4) is 5.75 Å². The molecule has 0 atom stereocenters. The van der Waals surface area contributed by atoms with E-state index in [1.54, 1.807) is 12.1 Å². The first-order valence-electron chi connectivity index (χ1n) is 6.15. The molecule has 0 aliphatic carbocycles. The fraction of sp³-hybridized carbons (Fsp3) is 0.200. The number of hydrogen-bond acceptors (Lipinski definition) is 2. The van der Waals surface area contributed by atoms with Gasteiger partial charge >= 0.3 is 0 Å². The first kappa shape index (κ1) is 15.3. The Hall–Kier alpha value is -1.10. The second kappa shape index (κ2) is 7.07. The topological polar surface area (TPSA) is 35.2 Å². The standard InChI is InChI=1S/C15H14BrClFNO/c16-12-2-4-15(11(8-12)5-6-19)20-9-10-1-3-14(18)13(17)7-10/h1-4,7-8H,5-6,9,19H2. The summed E-state index contributed by atoms with van der Waals surface area (Å²) in [5.74, 6) is 0.349. The van der Waals surface area contributed by atoms with Gasteiger partial charge in [-0.25, -0.2) is 4.39 Å². The number of ether oxygens (including phenoxy) is 1. The Morgan fingerprint density at radius 3 is 2.70 bits per heavy atom. The van der Waals surface area contributed by atoms with E-state index in [0.717, 1.165) is 27.8 Å². The lowest BCUT2D eigenvalue weighted by Crippen LogP contribution is -2.05. The molecule has 2 aromatic carbocycles. The summed E-state index contributed by atoms with van der Waals surface area (Å²) in [5, 5.41) is 0.101. The Morgan fingerprint density at radius 2 is 2.00 bits per heavy atom. The minimum absolute atomic E-state index is 0.101. The highest BCUT2D eigenvalue weighted by molar-refractivity contribution is 9.10. The van der Waals surface area contributed by atoms with Gasteiger partial charge in [0.05, 0.1) is 5.02 Å². The van der Waals surface area contributed by atoms with Gasteiger partial charge in [-0.2, -0.15) is 0 Å². The van der Waals surface area contributed by atoms with E-state index in [4.69, 9.17) is 22.1 Å². The lowest BCUT2D eigenvalue weighted by molar-refractivity contribution is 0.303. The van der Waals surface area contributed by atoms with Crippen LogP contribution in [0.25, 0.3) is 0 Å². The quantitative estimate of drug-likeness (QED) is 0.864. The molecule has 0 aliphatic heterocycles. The van der Waals surface area contributed by atoms with Gasteiger partial charge < -0.3 is 10.5 Å². The molecule has 0 unspecified atom stereocenters. The molecule has 0 heterocycles. The second-order valence-electron chi connectivity index (χ2n) is 4.33. The van der Waals surface area contributed by atoms with Crippen LogP contribution in [0, 0.1) is 5.82 Å². The molecule has 0 fully saturated rings. The minimum atomic E-state index is -0.428. The minimum Gasteiger partial charge on any atom is -0.489 e. The van der Waals surface area contributed by atoms with Crippen molar-refractivity contribution in [2.75, 3.05) is 6.54 Å².